The number of rotatable bonds is 4. The number of amides is 2. The summed E-state index contributed by atoms with van der Waals surface area (Å²) >= 11 is 0. The molecule has 1 aliphatic rings. The van der Waals surface area contributed by atoms with E-state index in [1.54, 1.807) is 29.2 Å². The number of hydrogen-bond donors (Lipinski definition) is 2. The van der Waals surface area contributed by atoms with Crippen LogP contribution in [0.2, 0.25) is 0 Å². The van der Waals surface area contributed by atoms with Crippen molar-refractivity contribution in [3.8, 4) is 5.88 Å². The zero-order valence-electron chi connectivity index (χ0n) is 18.2. The standard InChI is InChI=1S/C27H17FN4O3/c28-18-11-12-21-20(13-18)24(26(34)29-21)30-31-25(33)17-9-7-15(8-10-17)14-32-22-6-2-4-16-3-1-5-19(23(16)22)27(32)35/h1-13,29,34H,14H2. The number of hydrogen-bond acceptors (Lipinski definition) is 4. The van der Waals surface area contributed by atoms with Crippen molar-refractivity contribution in [2.75, 3.05) is 4.90 Å². The molecule has 2 N–H and O–H groups in total. The summed E-state index contributed by atoms with van der Waals surface area (Å²) in [7, 11) is 0. The molecular formula is C27H17FN4O3. The Morgan fingerprint density at radius 3 is 2.57 bits per heavy atom. The number of aromatic nitrogens is 1. The van der Waals surface area contributed by atoms with Gasteiger partial charge in [0.25, 0.3) is 11.8 Å². The van der Waals surface area contributed by atoms with Gasteiger partial charge in [-0.25, -0.2) is 4.39 Å². The van der Waals surface area contributed by atoms with Crippen molar-refractivity contribution in [1.82, 2.24) is 4.98 Å². The van der Waals surface area contributed by atoms with E-state index in [2.05, 4.69) is 15.2 Å². The summed E-state index contributed by atoms with van der Waals surface area (Å²) < 4.78 is 13.6. The second-order valence-electron chi connectivity index (χ2n) is 8.29. The number of fused-ring (bicyclic) bond motifs is 1. The number of halogens is 1. The molecule has 2 amide bonds. The highest BCUT2D eigenvalue weighted by Crippen LogP contribution is 2.38. The van der Waals surface area contributed by atoms with Crippen LogP contribution in [0.3, 0.4) is 0 Å². The first-order valence-electron chi connectivity index (χ1n) is 10.9. The lowest BCUT2D eigenvalue weighted by atomic mass is 10.1. The SMILES string of the molecule is O=C(N=Nc1c(O)[nH]c2ccc(F)cc12)c1ccc(CN2C(=O)c3cccc4cccc2c34)cc1. The molecule has 5 aromatic rings. The topological polar surface area (TPSA) is 98.1 Å². The fraction of sp³-hybridized carbons (Fsp3) is 0.0370. The third kappa shape index (κ3) is 3.43. The van der Waals surface area contributed by atoms with Crippen molar-refractivity contribution in [2.45, 2.75) is 6.54 Å². The zero-order chi connectivity index (χ0) is 24.1. The number of carbonyl (C=O) groups excluding carboxylic acids is 2. The molecule has 0 unspecified atom stereocenters. The highest BCUT2D eigenvalue weighted by atomic mass is 19.1. The van der Waals surface area contributed by atoms with E-state index < -0.39 is 11.7 Å². The van der Waals surface area contributed by atoms with Gasteiger partial charge in [0.1, 0.15) is 5.82 Å². The monoisotopic (exact) mass is 464 g/mol. The van der Waals surface area contributed by atoms with Crippen LogP contribution in [-0.4, -0.2) is 21.9 Å². The number of azo groups is 1. The number of nitrogens with one attached hydrogen (secondary N) is 1. The minimum atomic E-state index is -0.615. The summed E-state index contributed by atoms with van der Waals surface area (Å²) in [5, 5.41) is 19.9. The molecule has 0 saturated carbocycles. The summed E-state index contributed by atoms with van der Waals surface area (Å²) in [5.74, 6) is -1.47. The smallest absolute Gasteiger partial charge is 0.295 e. The second-order valence-corrected chi connectivity index (χ2v) is 8.29. The Balaban J connectivity index is 1.22. The van der Waals surface area contributed by atoms with Gasteiger partial charge in [0.15, 0.2) is 5.69 Å². The molecule has 6 rings (SSSR count). The summed E-state index contributed by atoms with van der Waals surface area (Å²) in [6, 6.07) is 22.2. The van der Waals surface area contributed by atoms with Crippen molar-refractivity contribution in [3.05, 3.63) is 101 Å². The third-order valence-corrected chi connectivity index (χ3v) is 6.15. The quantitative estimate of drug-likeness (QED) is 0.308. The van der Waals surface area contributed by atoms with Gasteiger partial charge in [0, 0.05) is 21.9 Å². The molecule has 1 aromatic heterocycles. The van der Waals surface area contributed by atoms with Gasteiger partial charge in [-0.2, -0.15) is 0 Å². The Morgan fingerprint density at radius 1 is 1.00 bits per heavy atom. The van der Waals surface area contributed by atoms with Crippen LogP contribution in [0.15, 0.2) is 89.1 Å². The predicted molar refractivity (Wildman–Crippen MR) is 130 cm³/mol. The first-order valence-corrected chi connectivity index (χ1v) is 10.9. The molecular weight excluding hydrogens is 447 g/mol. The summed E-state index contributed by atoms with van der Waals surface area (Å²) in [5.41, 5.74) is 3.16. The Hall–Kier alpha value is -4.85. The predicted octanol–water partition coefficient (Wildman–Crippen LogP) is 6.25. The van der Waals surface area contributed by atoms with E-state index in [1.165, 1.54) is 18.2 Å². The van der Waals surface area contributed by atoms with E-state index in [9.17, 15) is 19.1 Å². The Labute approximate surface area is 198 Å². The van der Waals surface area contributed by atoms with Crippen LogP contribution in [0.5, 0.6) is 5.88 Å². The molecule has 0 spiro atoms. The Kier molecular flexibility index (Phi) is 4.67. The highest BCUT2D eigenvalue weighted by Gasteiger charge is 2.29. The van der Waals surface area contributed by atoms with Crippen LogP contribution in [0.25, 0.3) is 21.7 Å². The molecule has 0 aliphatic carbocycles. The fourth-order valence-corrected chi connectivity index (χ4v) is 4.46. The van der Waals surface area contributed by atoms with Crippen LogP contribution < -0.4 is 4.90 Å². The molecule has 4 aromatic carbocycles. The minimum Gasteiger partial charge on any atom is -0.493 e. The van der Waals surface area contributed by atoms with Gasteiger partial charge in [-0.1, -0.05) is 36.4 Å². The van der Waals surface area contributed by atoms with Crippen molar-refractivity contribution >= 4 is 44.9 Å². The van der Waals surface area contributed by atoms with E-state index in [-0.39, 0.29) is 17.5 Å². The molecule has 0 saturated heterocycles. The Bertz CT molecular complexity index is 1680. The first kappa shape index (κ1) is 20.7. The lowest BCUT2D eigenvalue weighted by Crippen LogP contribution is -2.26. The number of aromatic hydroxyl groups is 1. The lowest BCUT2D eigenvalue weighted by Gasteiger charge is -2.18. The average Bonchev–Trinajstić information content (AvgIpc) is 3.32. The number of nitrogens with zero attached hydrogens (tertiary/aromatic N) is 3. The van der Waals surface area contributed by atoms with Gasteiger partial charge in [0.05, 0.1) is 17.7 Å². The maximum Gasteiger partial charge on any atom is 0.295 e. The van der Waals surface area contributed by atoms with Crippen LogP contribution in [-0.2, 0) is 6.54 Å². The van der Waals surface area contributed by atoms with Crippen LogP contribution in [0, 0.1) is 5.82 Å². The number of H-pyrrole nitrogens is 1. The molecule has 8 heteroatoms. The summed E-state index contributed by atoms with van der Waals surface area (Å²) in [4.78, 5) is 29.9. The van der Waals surface area contributed by atoms with E-state index in [0.29, 0.717) is 28.6 Å². The minimum absolute atomic E-state index is 0.00856. The maximum atomic E-state index is 13.6. The molecule has 0 radical (unpaired) electrons. The number of aromatic amines is 1. The molecule has 170 valence electrons. The van der Waals surface area contributed by atoms with E-state index >= 15 is 0 Å². The molecule has 35 heavy (non-hydrogen) atoms. The van der Waals surface area contributed by atoms with Gasteiger partial charge < -0.3 is 15.0 Å². The molecule has 2 heterocycles. The van der Waals surface area contributed by atoms with Gasteiger partial charge >= 0.3 is 0 Å². The lowest BCUT2D eigenvalue weighted by molar-refractivity contribution is 0.0984. The molecule has 0 bridgehead atoms. The van der Waals surface area contributed by atoms with E-state index in [0.717, 1.165) is 22.0 Å². The maximum absolute atomic E-state index is 13.6. The summed E-state index contributed by atoms with van der Waals surface area (Å²) in [6.45, 7) is 0.359. The van der Waals surface area contributed by atoms with Crippen molar-refractivity contribution in [3.63, 3.8) is 0 Å². The van der Waals surface area contributed by atoms with Gasteiger partial charge in [-0.05, 0) is 53.4 Å². The molecule has 0 fully saturated rings. The number of benzene rings is 4. The average molecular weight is 464 g/mol. The number of anilines is 1. The van der Waals surface area contributed by atoms with Gasteiger partial charge in [-0.3, -0.25) is 9.59 Å². The van der Waals surface area contributed by atoms with Crippen molar-refractivity contribution in [2.24, 2.45) is 10.2 Å². The first-order chi connectivity index (χ1) is 17.0. The normalized spacial score (nSPS) is 12.9. The van der Waals surface area contributed by atoms with E-state index in [4.69, 9.17) is 0 Å². The third-order valence-electron chi connectivity index (χ3n) is 6.15. The van der Waals surface area contributed by atoms with Crippen LogP contribution in [0.4, 0.5) is 15.8 Å². The van der Waals surface area contributed by atoms with E-state index in [1.807, 2.05) is 36.4 Å². The van der Waals surface area contributed by atoms with Crippen LogP contribution >= 0.6 is 0 Å². The zero-order valence-corrected chi connectivity index (χ0v) is 18.2. The molecule has 1 aliphatic heterocycles. The largest absolute Gasteiger partial charge is 0.493 e. The highest BCUT2D eigenvalue weighted by molar-refractivity contribution is 6.24. The van der Waals surface area contributed by atoms with Crippen molar-refractivity contribution in [1.29, 1.82) is 0 Å². The Morgan fingerprint density at radius 2 is 1.77 bits per heavy atom. The molecule has 0 atom stereocenters. The van der Waals surface area contributed by atoms with Crippen molar-refractivity contribution < 1.29 is 19.1 Å². The molecule has 7 nitrogen and oxygen atoms in total. The fourth-order valence-electron chi connectivity index (χ4n) is 4.46. The van der Waals surface area contributed by atoms with Crippen LogP contribution in [0.1, 0.15) is 26.3 Å². The summed E-state index contributed by atoms with van der Waals surface area (Å²) in [6.07, 6.45) is 0. The number of carbonyl (C=O) groups is 2. The second kappa shape index (κ2) is 7.88. The van der Waals surface area contributed by atoms with Gasteiger partial charge in [0.2, 0.25) is 5.88 Å². The van der Waals surface area contributed by atoms with Gasteiger partial charge in [-0.15, -0.1) is 10.2 Å².